The molecule has 0 atom stereocenters. The summed E-state index contributed by atoms with van der Waals surface area (Å²) in [6, 6.07) is 8.01. The second-order valence-electron chi connectivity index (χ2n) is 9.38. The van der Waals surface area contributed by atoms with Crippen molar-refractivity contribution in [1.29, 1.82) is 0 Å². The van der Waals surface area contributed by atoms with Gasteiger partial charge in [0.2, 0.25) is 5.28 Å². The smallest absolute Gasteiger partial charge is 0.306 e. The molecule has 1 aromatic carbocycles. The number of methoxy groups -OCH3 is 1. The standard InChI is InChI=1S/C26H32ClN3O4/c1-17-5-7-19(8-6-17)16-30-22(21(29-25(30)27)13-14-26(2,3)34-4)23(31)28-15-18-9-11-20(12-10-18)24(32)33/h5-8,18,20H,9-12,15-16H2,1-4H3,(H,28,31)(H,32,33)/t18-,20-. The number of carbonyl (C=O) groups excluding carboxylic acids is 1. The first-order chi connectivity index (χ1) is 16.1. The molecule has 7 nitrogen and oxygen atoms in total. The fraction of sp³-hybridized carbons (Fsp3) is 0.500. The lowest BCUT2D eigenvalue weighted by Gasteiger charge is -2.26. The fourth-order valence-electron chi connectivity index (χ4n) is 3.96. The predicted octanol–water partition coefficient (Wildman–Crippen LogP) is 4.29. The van der Waals surface area contributed by atoms with Gasteiger partial charge in [-0.3, -0.25) is 9.59 Å². The van der Waals surface area contributed by atoms with Crippen molar-refractivity contribution in [3.05, 3.63) is 52.1 Å². The molecule has 1 heterocycles. The second-order valence-corrected chi connectivity index (χ2v) is 9.72. The number of aromatic nitrogens is 2. The monoisotopic (exact) mass is 485 g/mol. The average Bonchev–Trinajstić information content (AvgIpc) is 3.13. The summed E-state index contributed by atoms with van der Waals surface area (Å²) in [6.07, 6.45) is 2.82. The topological polar surface area (TPSA) is 93.5 Å². The Balaban J connectivity index is 1.83. The third-order valence-electron chi connectivity index (χ3n) is 6.34. The number of halogens is 1. The van der Waals surface area contributed by atoms with E-state index in [1.165, 1.54) is 0 Å². The van der Waals surface area contributed by atoms with Crippen LogP contribution in [0.5, 0.6) is 0 Å². The number of nitrogens with one attached hydrogen (secondary N) is 1. The van der Waals surface area contributed by atoms with Crippen LogP contribution in [0.4, 0.5) is 0 Å². The number of carboxylic acids is 1. The summed E-state index contributed by atoms with van der Waals surface area (Å²) in [6.45, 7) is 6.53. The van der Waals surface area contributed by atoms with Gasteiger partial charge >= 0.3 is 5.97 Å². The molecule has 1 amide bonds. The van der Waals surface area contributed by atoms with E-state index in [1.807, 2.05) is 45.0 Å². The number of hydrogen-bond acceptors (Lipinski definition) is 4. The number of amides is 1. The van der Waals surface area contributed by atoms with E-state index in [0.717, 1.165) is 24.0 Å². The van der Waals surface area contributed by atoms with Crippen molar-refractivity contribution in [1.82, 2.24) is 14.9 Å². The molecule has 8 heteroatoms. The van der Waals surface area contributed by atoms with Gasteiger partial charge in [0.15, 0.2) is 0 Å². The van der Waals surface area contributed by atoms with Crippen molar-refractivity contribution < 1.29 is 19.4 Å². The molecule has 2 aromatic rings. The van der Waals surface area contributed by atoms with Crippen LogP contribution in [0.2, 0.25) is 5.28 Å². The Bertz CT molecular complexity index is 1090. The zero-order valence-corrected chi connectivity index (χ0v) is 20.9. The lowest BCUT2D eigenvalue weighted by molar-refractivity contribution is -0.143. The van der Waals surface area contributed by atoms with Crippen LogP contribution >= 0.6 is 11.6 Å². The Hall–Kier alpha value is -2.82. The van der Waals surface area contributed by atoms with Gasteiger partial charge in [0.1, 0.15) is 17.0 Å². The van der Waals surface area contributed by atoms with Gasteiger partial charge in [-0.15, -0.1) is 0 Å². The first-order valence-corrected chi connectivity index (χ1v) is 11.9. The van der Waals surface area contributed by atoms with Crippen molar-refractivity contribution in [2.24, 2.45) is 11.8 Å². The number of ether oxygens (including phenoxy) is 1. The molecule has 1 saturated carbocycles. The molecule has 1 fully saturated rings. The summed E-state index contributed by atoms with van der Waals surface area (Å²) >= 11 is 6.47. The van der Waals surface area contributed by atoms with Crippen LogP contribution < -0.4 is 5.32 Å². The van der Waals surface area contributed by atoms with Crippen LogP contribution in [-0.2, 0) is 16.1 Å². The van der Waals surface area contributed by atoms with Gasteiger partial charge < -0.3 is 19.7 Å². The van der Waals surface area contributed by atoms with Crippen LogP contribution in [0, 0.1) is 30.6 Å². The molecule has 1 aromatic heterocycles. The Kier molecular flexibility index (Phi) is 8.40. The zero-order valence-electron chi connectivity index (χ0n) is 20.2. The maximum atomic E-state index is 13.3. The van der Waals surface area contributed by atoms with Crippen LogP contribution in [-0.4, -0.2) is 45.8 Å². The molecule has 34 heavy (non-hydrogen) atoms. The second kappa shape index (κ2) is 11.1. The van der Waals surface area contributed by atoms with Gasteiger partial charge in [-0.1, -0.05) is 35.7 Å². The van der Waals surface area contributed by atoms with E-state index < -0.39 is 11.6 Å². The Morgan fingerprint density at radius 1 is 1.24 bits per heavy atom. The summed E-state index contributed by atoms with van der Waals surface area (Å²) in [7, 11) is 1.57. The number of nitrogens with zero attached hydrogens (tertiary/aromatic N) is 2. The molecule has 0 unspecified atom stereocenters. The SMILES string of the molecule is COC(C)(C)C#Cc1nc(Cl)n(Cc2ccc(C)cc2)c1C(=O)NC[C@H]1CC[C@H](C(=O)O)CC1. The molecule has 182 valence electrons. The summed E-state index contributed by atoms with van der Waals surface area (Å²) in [4.78, 5) is 28.9. The quantitative estimate of drug-likeness (QED) is 0.570. The minimum absolute atomic E-state index is 0.187. The van der Waals surface area contributed by atoms with E-state index in [-0.39, 0.29) is 23.0 Å². The summed E-state index contributed by atoms with van der Waals surface area (Å²) in [5.74, 6) is 4.91. The molecule has 1 aliphatic rings. The number of imidazole rings is 1. The van der Waals surface area contributed by atoms with Gasteiger partial charge in [-0.05, 0) is 75.5 Å². The first kappa shape index (κ1) is 25.8. The molecule has 0 radical (unpaired) electrons. The highest BCUT2D eigenvalue weighted by Crippen LogP contribution is 2.28. The van der Waals surface area contributed by atoms with Crippen LogP contribution in [0.15, 0.2) is 24.3 Å². The molecule has 3 rings (SSSR count). The molecular formula is C26H32ClN3O4. The molecule has 0 bridgehead atoms. The Morgan fingerprint density at radius 2 is 1.88 bits per heavy atom. The van der Waals surface area contributed by atoms with Crippen molar-refractivity contribution >= 4 is 23.5 Å². The predicted molar refractivity (Wildman–Crippen MR) is 131 cm³/mol. The Labute approximate surface area is 205 Å². The normalized spacial score (nSPS) is 18.1. The molecule has 0 aliphatic heterocycles. The number of aryl methyl sites for hydroxylation is 1. The van der Waals surface area contributed by atoms with Crippen molar-refractivity contribution in [3.63, 3.8) is 0 Å². The van der Waals surface area contributed by atoms with Crippen LogP contribution in [0.1, 0.15) is 66.8 Å². The third kappa shape index (κ3) is 6.62. The number of carboxylic acid groups (broad SMARTS) is 1. The highest BCUT2D eigenvalue weighted by Gasteiger charge is 2.27. The number of hydrogen-bond donors (Lipinski definition) is 2. The first-order valence-electron chi connectivity index (χ1n) is 11.5. The highest BCUT2D eigenvalue weighted by molar-refractivity contribution is 6.29. The van der Waals surface area contributed by atoms with Gasteiger partial charge in [0.25, 0.3) is 5.91 Å². The van der Waals surface area contributed by atoms with Gasteiger partial charge in [-0.2, -0.15) is 0 Å². The molecule has 0 spiro atoms. The largest absolute Gasteiger partial charge is 0.481 e. The molecule has 1 aliphatic carbocycles. The summed E-state index contributed by atoms with van der Waals surface area (Å²) in [5, 5.41) is 12.4. The minimum atomic E-state index is -0.737. The lowest BCUT2D eigenvalue weighted by atomic mass is 9.82. The number of rotatable bonds is 7. The van der Waals surface area contributed by atoms with E-state index >= 15 is 0 Å². The minimum Gasteiger partial charge on any atom is -0.481 e. The molecule has 2 N–H and O–H groups in total. The van der Waals surface area contributed by atoms with Gasteiger partial charge in [0.05, 0.1) is 12.5 Å². The maximum Gasteiger partial charge on any atom is 0.306 e. The Morgan fingerprint density at radius 3 is 2.47 bits per heavy atom. The molecule has 0 saturated heterocycles. The van der Waals surface area contributed by atoms with Crippen molar-refractivity contribution in [3.8, 4) is 11.8 Å². The van der Waals surface area contributed by atoms with Crippen molar-refractivity contribution in [2.75, 3.05) is 13.7 Å². The average molecular weight is 486 g/mol. The lowest BCUT2D eigenvalue weighted by Crippen LogP contribution is -2.34. The molecular weight excluding hydrogens is 454 g/mol. The van der Waals surface area contributed by atoms with Crippen molar-refractivity contribution in [2.45, 2.75) is 58.6 Å². The van der Waals surface area contributed by atoms with Crippen LogP contribution in [0.3, 0.4) is 0 Å². The van der Waals surface area contributed by atoms with E-state index in [0.29, 0.717) is 37.3 Å². The van der Waals surface area contributed by atoms with E-state index in [2.05, 4.69) is 22.1 Å². The summed E-state index contributed by atoms with van der Waals surface area (Å²) in [5.41, 5.74) is 2.04. The zero-order chi connectivity index (χ0) is 24.9. The summed E-state index contributed by atoms with van der Waals surface area (Å²) < 4.78 is 7.05. The number of aliphatic carboxylic acids is 1. The van der Waals surface area contributed by atoms with Crippen LogP contribution in [0.25, 0.3) is 0 Å². The van der Waals surface area contributed by atoms with Gasteiger partial charge in [-0.25, -0.2) is 4.98 Å². The van der Waals surface area contributed by atoms with E-state index in [1.54, 1.807) is 11.7 Å². The number of benzene rings is 1. The fourth-order valence-corrected chi connectivity index (χ4v) is 4.19. The van der Waals surface area contributed by atoms with Gasteiger partial charge in [0, 0.05) is 13.7 Å². The third-order valence-corrected chi connectivity index (χ3v) is 6.63. The number of carbonyl (C=O) groups is 2. The van der Waals surface area contributed by atoms with E-state index in [4.69, 9.17) is 16.3 Å². The highest BCUT2D eigenvalue weighted by atomic mass is 35.5. The van der Waals surface area contributed by atoms with E-state index in [9.17, 15) is 14.7 Å². The maximum absolute atomic E-state index is 13.3.